The van der Waals surface area contributed by atoms with E-state index in [9.17, 15) is 9.90 Å². The van der Waals surface area contributed by atoms with Crippen molar-refractivity contribution in [1.82, 2.24) is 20.1 Å². The molecule has 0 saturated heterocycles. The molecule has 1 aliphatic heterocycles. The topological polar surface area (TPSA) is 80.0 Å². The van der Waals surface area contributed by atoms with Crippen molar-refractivity contribution in [2.45, 2.75) is 51.3 Å². The molecule has 24 heavy (non-hydrogen) atoms. The molecule has 2 N–H and O–H groups in total. The van der Waals surface area contributed by atoms with Crippen LogP contribution in [0.4, 0.5) is 0 Å². The second-order valence-corrected chi connectivity index (χ2v) is 6.63. The number of aliphatic hydroxyl groups is 1. The summed E-state index contributed by atoms with van der Waals surface area (Å²) in [6.45, 7) is 4.20. The number of hydrogen-bond donors (Lipinski definition) is 2. The maximum atomic E-state index is 12.7. The third-order valence-corrected chi connectivity index (χ3v) is 4.72. The molecule has 1 aliphatic rings. The summed E-state index contributed by atoms with van der Waals surface area (Å²) in [7, 11) is 0. The number of nitrogens with zero attached hydrogens (tertiary/aromatic N) is 3. The number of aromatic nitrogens is 3. The Morgan fingerprint density at radius 1 is 1.54 bits per heavy atom. The van der Waals surface area contributed by atoms with E-state index in [0.29, 0.717) is 17.1 Å². The van der Waals surface area contributed by atoms with Crippen LogP contribution >= 0.6 is 11.6 Å². The first kappa shape index (κ1) is 16.9. The van der Waals surface area contributed by atoms with Crippen LogP contribution in [0.25, 0.3) is 0 Å². The van der Waals surface area contributed by atoms with E-state index in [1.165, 1.54) is 0 Å². The first-order chi connectivity index (χ1) is 11.4. The fourth-order valence-corrected chi connectivity index (χ4v) is 3.29. The minimum absolute atomic E-state index is 0.0802. The average molecular weight is 349 g/mol. The molecule has 1 aromatic carbocycles. The van der Waals surface area contributed by atoms with Crippen LogP contribution in [0.15, 0.2) is 24.3 Å². The van der Waals surface area contributed by atoms with Gasteiger partial charge in [0.1, 0.15) is 11.6 Å². The van der Waals surface area contributed by atoms with Crippen molar-refractivity contribution in [3.05, 3.63) is 46.5 Å². The van der Waals surface area contributed by atoms with Crippen LogP contribution in [-0.4, -0.2) is 31.8 Å². The van der Waals surface area contributed by atoms with Gasteiger partial charge in [0.2, 0.25) is 0 Å². The SMILES string of the molecule is CC[C@](O)(C(=O)N[C@H]1CCc2nc(C)nn2C1)c1cccc(Cl)c1. The molecule has 0 aliphatic carbocycles. The number of halogens is 1. The molecule has 128 valence electrons. The zero-order chi connectivity index (χ0) is 17.3. The molecular formula is C17H21ClN4O2. The maximum Gasteiger partial charge on any atom is 0.256 e. The van der Waals surface area contributed by atoms with Crippen LogP contribution in [0.3, 0.4) is 0 Å². The molecular weight excluding hydrogens is 328 g/mol. The molecule has 3 rings (SSSR count). The van der Waals surface area contributed by atoms with Crippen molar-refractivity contribution < 1.29 is 9.90 Å². The number of hydrogen-bond acceptors (Lipinski definition) is 4. The zero-order valence-corrected chi connectivity index (χ0v) is 14.5. The highest BCUT2D eigenvalue weighted by molar-refractivity contribution is 6.30. The number of fused-ring (bicyclic) bond motifs is 1. The van der Waals surface area contributed by atoms with Gasteiger partial charge in [-0.1, -0.05) is 30.7 Å². The van der Waals surface area contributed by atoms with E-state index < -0.39 is 11.5 Å². The summed E-state index contributed by atoms with van der Waals surface area (Å²) in [4.78, 5) is 17.1. The van der Waals surface area contributed by atoms with Crippen LogP contribution in [0.2, 0.25) is 5.02 Å². The normalized spacial score (nSPS) is 19.4. The highest BCUT2D eigenvalue weighted by Gasteiger charge is 2.37. The number of aryl methyl sites for hydroxylation is 2. The largest absolute Gasteiger partial charge is 0.375 e. The molecule has 0 fully saturated rings. The van der Waals surface area contributed by atoms with Crippen LogP contribution in [0.1, 0.15) is 37.0 Å². The summed E-state index contributed by atoms with van der Waals surface area (Å²) in [5.41, 5.74) is -1.09. The second-order valence-electron chi connectivity index (χ2n) is 6.19. The average Bonchev–Trinajstić information content (AvgIpc) is 2.93. The molecule has 2 heterocycles. The molecule has 0 unspecified atom stereocenters. The smallest absolute Gasteiger partial charge is 0.256 e. The minimum atomic E-state index is -1.59. The van der Waals surface area contributed by atoms with Gasteiger partial charge in [0.25, 0.3) is 5.91 Å². The van der Waals surface area contributed by atoms with Gasteiger partial charge in [-0.25, -0.2) is 9.67 Å². The lowest BCUT2D eigenvalue weighted by Gasteiger charge is -2.30. The summed E-state index contributed by atoms with van der Waals surface area (Å²) in [5.74, 6) is 1.28. The van der Waals surface area contributed by atoms with E-state index >= 15 is 0 Å². The Kier molecular flexibility index (Phi) is 4.60. The Hall–Kier alpha value is -1.92. The van der Waals surface area contributed by atoms with Gasteiger partial charge in [0.05, 0.1) is 6.54 Å². The van der Waals surface area contributed by atoms with Gasteiger partial charge >= 0.3 is 0 Å². The van der Waals surface area contributed by atoms with Gasteiger partial charge in [-0.15, -0.1) is 0 Å². The van der Waals surface area contributed by atoms with Crippen molar-refractivity contribution in [3.63, 3.8) is 0 Å². The first-order valence-electron chi connectivity index (χ1n) is 8.12. The number of nitrogens with one attached hydrogen (secondary N) is 1. The van der Waals surface area contributed by atoms with Crippen LogP contribution < -0.4 is 5.32 Å². The van der Waals surface area contributed by atoms with Gasteiger partial charge in [-0.3, -0.25) is 4.79 Å². The molecule has 2 atom stereocenters. The highest BCUT2D eigenvalue weighted by atomic mass is 35.5. The Labute approximate surface area is 145 Å². The zero-order valence-electron chi connectivity index (χ0n) is 13.8. The van der Waals surface area contributed by atoms with Crippen molar-refractivity contribution in [1.29, 1.82) is 0 Å². The molecule has 0 spiro atoms. The van der Waals surface area contributed by atoms with Crippen molar-refractivity contribution >= 4 is 17.5 Å². The number of benzene rings is 1. The number of carbonyl (C=O) groups is 1. The van der Waals surface area contributed by atoms with Crippen LogP contribution in [-0.2, 0) is 23.4 Å². The monoisotopic (exact) mass is 348 g/mol. The third kappa shape index (κ3) is 3.16. The molecule has 1 amide bonds. The lowest BCUT2D eigenvalue weighted by atomic mass is 9.89. The van der Waals surface area contributed by atoms with Crippen molar-refractivity contribution in [3.8, 4) is 0 Å². The van der Waals surface area contributed by atoms with Crippen LogP contribution in [0, 0.1) is 6.92 Å². The Morgan fingerprint density at radius 2 is 2.33 bits per heavy atom. The molecule has 0 radical (unpaired) electrons. The summed E-state index contributed by atoms with van der Waals surface area (Å²) >= 11 is 6.00. The highest BCUT2D eigenvalue weighted by Crippen LogP contribution is 2.28. The molecule has 7 heteroatoms. The Bertz CT molecular complexity index is 761. The quantitative estimate of drug-likeness (QED) is 0.885. The predicted molar refractivity (Wildman–Crippen MR) is 90.7 cm³/mol. The predicted octanol–water partition coefficient (Wildman–Crippen LogP) is 1.97. The van der Waals surface area contributed by atoms with Crippen LogP contribution in [0.5, 0.6) is 0 Å². The van der Waals surface area contributed by atoms with E-state index in [4.69, 9.17) is 11.6 Å². The second kappa shape index (κ2) is 6.53. The summed E-state index contributed by atoms with van der Waals surface area (Å²) in [5, 5.41) is 18.7. The number of amides is 1. The van der Waals surface area contributed by atoms with E-state index in [1.54, 1.807) is 31.2 Å². The van der Waals surface area contributed by atoms with E-state index in [2.05, 4.69) is 15.4 Å². The summed E-state index contributed by atoms with van der Waals surface area (Å²) in [6, 6.07) is 6.72. The van der Waals surface area contributed by atoms with Crippen molar-refractivity contribution in [2.75, 3.05) is 0 Å². The molecule has 1 aromatic heterocycles. The minimum Gasteiger partial charge on any atom is -0.375 e. The number of carbonyl (C=O) groups excluding carboxylic acids is 1. The van der Waals surface area contributed by atoms with Gasteiger partial charge in [-0.05, 0) is 37.5 Å². The van der Waals surface area contributed by atoms with E-state index in [1.807, 2.05) is 11.6 Å². The Balaban J connectivity index is 1.76. The van der Waals surface area contributed by atoms with Gasteiger partial charge in [0, 0.05) is 17.5 Å². The van der Waals surface area contributed by atoms with Gasteiger partial charge in [0.15, 0.2) is 5.60 Å². The van der Waals surface area contributed by atoms with E-state index in [0.717, 1.165) is 24.5 Å². The van der Waals surface area contributed by atoms with Crippen molar-refractivity contribution in [2.24, 2.45) is 0 Å². The summed E-state index contributed by atoms with van der Waals surface area (Å²) in [6.07, 6.45) is 1.80. The lowest BCUT2D eigenvalue weighted by molar-refractivity contribution is -0.142. The first-order valence-corrected chi connectivity index (χ1v) is 8.50. The fraction of sp³-hybridized carbons (Fsp3) is 0.471. The summed E-state index contributed by atoms with van der Waals surface area (Å²) < 4.78 is 1.83. The lowest BCUT2D eigenvalue weighted by Crippen LogP contribution is -2.50. The maximum absolute atomic E-state index is 12.7. The molecule has 2 aromatic rings. The molecule has 6 nitrogen and oxygen atoms in total. The Morgan fingerprint density at radius 3 is 3.04 bits per heavy atom. The van der Waals surface area contributed by atoms with Gasteiger partial charge in [-0.2, -0.15) is 5.10 Å². The van der Waals surface area contributed by atoms with Gasteiger partial charge < -0.3 is 10.4 Å². The molecule has 0 saturated carbocycles. The number of rotatable bonds is 4. The standard InChI is InChI=1S/C17H21ClN4O2/c1-3-17(24,12-5-4-6-13(18)9-12)16(23)20-14-7-8-15-19-11(2)21-22(15)10-14/h4-6,9,14,24H,3,7-8,10H2,1-2H3,(H,20,23)/t14-,17+/m0/s1. The molecule has 0 bridgehead atoms. The fourth-order valence-electron chi connectivity index (χ4n) is 3.10. The third-order valence-electron chi connectivity index (χ3n) is 4.49. The van der Waals surface area contributed by atoms with E-state index in [-0.39, 0.29) is 12.5 Å².